The number of halogens is 1. The number of aromatic amines is 1. The van der Waals surface area contributed by atoms with Crippen LogP contribution in [-0.2, 0) is 13.0 Å². The summed E-state index contributed by atoms with van der Waals surface area (Å²) in [6, 6.07) is 8.57. The van der Waals surface area contributed by atoms with E-state index in [1.165, 1.54) is 6.07 Å². The number of hydrogen-bond donors (Lipinski definition) is 2. The number of nitrogens with two attached hydrogens (primary N) is 1. The smallest absolute Gasteiger partial charge is 0.126 e. The molecule has 78 valence electrons. The van der Waals surface area contributed by atoms with E-state index in [-0.39, 0.29) is 5.82 Å². The summed E-state index contributed by atoms with van der Waals surface area (Å²) in [5, 5.41) is 6.82. The highest BCUT2D eigenvalue weighted by atomic mass is 19.1. The molecule has 1 heterocycles. The topological polar surface area (TPSA) is 54.7 Å². The van der Waals surface area contributed by atoms with Crippen molar-refractivity contribution in [2.75, 3.05) is 0 Å². The fourth-order valence-electron chi connectivity index (χ4n) is 1.45. The first kappa shape index (κ1) is 9.86. The zero-order valence-corrected chi connectivity index (χ0v) is 8.20. The van der Waals surface area contributed by atoms with Crippen molar-refractivity contribution in [3.8, 4) is 0 Å². The van der Waals surface area contributed by atoms with Crippen LogP contribution in [0.4, 0.5) is 4.39 Å². The second kappa shape index (κ2) is 4.23. The van der Waals surface area contributed by atoms with Gasteiger partial charge in [0.15, 0.2) is 0 Å². The number of aromatic nitrogens is 2. The number of benzene rings is 1. The van der Waals surface area contributed by atoms with Crippen LogP contribution in [0.25, 0.3) is 0 Å². The zero-order valence-electron chi connectivity index (χ0n) is 8.20. The van der Waals surface area contributed by atoms with E-state index in [1.54, 1.807) is 12.1 Å². The first-order chi connectivity index (χ1) is 7.29. The Labute approximate surface area is 87.1 Å². The molecule has 0 saturated heterocycles. The van der Waals surface area contributed by atoms with E-state index < -0.39 is 0 Å². The monoisotopic (exact) mass is 205 g/mol. The Hall–Kier alpha value is -1.68. The van der Waals surface area contributed by atoms with Crippen LogP contribution >= 0.6 is 0 Å². The summed E-state index contributed by atoms with van der Waals surface area (Å²) >= 11 is 0. The molecule has 4 heteroatoms. The molecule has 0 radical (unpaired) electrons. The van der Waals surface area contributed by atoms with Crippen molar-refractivity contribution in [1.82, 2.24) is 10.2 Å². The molecule has 0 aliphatic carbocycles. The number of nitrogens with zero attached hydrogens (tertiary/aromatic N) is 1. The quantitative estimate of drug-likeness (QED) is 0.799. The standard InChI is InChI=1S/C11H12FN3/c12-11-4-2-1-3-8(11)5-9-6-10(7-13)15-14-9/h1-4,6H,5,7,13H2,(H,14,15). The van der Waals surface area contributed by atoms with E-state index in [0.717, 1.165) is 11.4 Å². The minimum absolute atomic E-state index is 0.193. The molecule has 1 aromatic heterocycles. The number of rotatable bonds is 3. The Balaban J connectivity index is 2.18. The van der Waals surface area contributed by atoms with Crippen LogP contribution in [0.3, 0.4) is 0 Å². The van der Waals surface area contributed by atoms with Gasteiger partial charge in [-0.1, -0.05) is 18.2 Å². The van der Waals surface area contributed by atoms with E-state index in [1.807, 2.05) is 12.1 Å². The van der Waals surface area contributed by atoms with Gasteiger partial charge in [0.1, 0.15) is 5.82 Å². The molecule has 0 saturated carbocycles. The predicted octanol–water partition coefficient (Wildman–Crippen LogP) is 1.60. The van der Waals surface area contributed by atoms with Crippen LogP contribution in [-0.4, -0.2) is 10.2 Å². The molecule has 0 amide bonds. The first-order valence-corrected chi connectivity index (χ1v) is 4.76. The van der Waals surface area contributed by atoms with E-state index in [9.17, 15) is 4.39 Å². The highest BCUT2D eigenvalue weighted by molar-refractivity contribution is 5.23. The normalized spacial score (nSPS) is 10.5. The summed E-state index contributed by atoms with van der Waals surface area (Å²) in [5.41, 5.74) is 7.76. The van der Waals surface area contributed by atoms with Gasteiger partial charge in [-0.2, -0.15) is 5.10 Å². The van der Waals surface area contributed by atoms with Gasteiger partial charge in [-0.15, -0.1) is 0 Å². The van der Waals surface area contributed by atoms with Crippen molar-refractivity contribution in [1.29, 1.82) is 0 Å². The molecule has 0 bridgehead atoms. The molecule has 3 N–H and O–H groups in total. The van der Waals surface area contributed by atoms with E-state index in [4.69, 9.17) is 5.73 Å². The van der Waals surface area contributed by atoms with Crippen molar-refractivity contribution >= 4 is 0 Å². The summed E-state index contributed by atoms with van der Waals surface area (Å²) in [6.07, 6.45) is 0.514. The van der Waals surface area contributed by atoms with Gasteiger partial charge in [0.25, 0.3) is 0 Å². The lowest BCUT2D eigenvalue weighted by Gasteiger charge is -1.99. The summed E-state index contributed by atoms with van der Waals surface area (Å²) in [5.74, 6) is -0.193. The fraction of sp³-hybridized carbons (Fsp3) is 0.182. The van der Waals surface area contributed by atoms with Gasteiger partial charge in [0.05, 0.1) is 5.69 Å². The predicted molar refractivity (Wildman–Crippen MR) is 55.7 cm³/mol. The van der Waals surface area contributed by atoms with Gasteiger partial charge < -0.3 is 5.73 Å². The van der Waals surface area contributed by atoms with Crippen molar-refractivity contribution in [2.24, 2.45) is 5.73 Å². The highest BCUT2D eigenvalue weighted by Gasteiger charge is 2.04. The van der Waals surface area contributed by atoms with Crippen LogP contribution < -0.4 is 5.73 Å². The molecular weight excluding hydrogens is 193 g/mol. The molecule has 15 heavy (non-hydrogen) atoms. The summed E-state index contributed by atoms with van der Waals surface area (Å²) in [7, 11) is 0. The molecule has 1 aromatic carbocycles. The maximum atomic E-state index is 13.3. The zero-order chi connectivity index (χ0) is 10.7. The van der Waals surface area contributed by atoms with Gasteiger partial charge in [-0.3, -0.25) is 5.10 Å². The largest absolute Gasteiger partial charge is 0.325 e. The molecular formula is C11H12FN3. The van der Waals surface area contributed by atoms with Gasteiger partial charge >= 0.3 is 0 Å². The lowest BCUT2D eigenvalue weighted by Crippen LogP contribution is -1.95. The maximum Gasteiger partial charge on any atom is 0.126 e. The van der Waals surface area contributed by atoms with Crippen LogP contribution in [0.2, 0.25) is 0 Å². The Morgan fingerprint density at radius 2 is 2.13 bits per heavy atom. The van der Waals surface area contributed by atoms with Crippen molar-refractivity contribution in [3.63, 3.8) is 0 Å². The molecule has 0 fully saturated rings. The van der Waals surface area contributed by atoms with Crippen molar-refractivity contribution in [3.05, 3.63) is 53.1 Å². The Bertz CT molecular complexity index is 451. The molecule has 0 unspecified atom stereocenters. The summed E-state index contributed by atoms with van der Waals surface area (Å²) in [6.45, 7) is 0.397. The number of nitrogens with one attached hydrogen (secondary N) is 1. The maximum absolute atomic E-state index is 13.3. The molecule has 2 aromatic rings. The molecule has 0 aliphatic rings. The number of hydrogen-bond acceptors (Lipinski definition) is 2. The molecule has 2 rings (SSSR count). The van der Waals surface area contributed by atoms with Crippen LogP contribution in [0, 0.1) is 5.82 Å². The van der Waals surface area contributed by atoms with E-state index in [2.05, 4.69) is 10.2 Å². The van der Waals surface area contributed by atoms with Gasteiger partial charge in [0.2, 0.25) is 0 Å². The summed E-state index contributed by atoms with van der Waals surface area (Å²) in [4.78, 5) is 0. The van der Waals surface area contributed by atoms with Gasteiger partial charge in [-0.25, -0.2) is 4.39 Å². The van der Waals surface area contributed by atoms with Gasteiger partial charge in [-0.05, 0) is 17.7 Å². The second-order valence-corrected chi connectivity index (χ2v) is 3.36. The molecule has 0 aliphatic heterocycles. The SMILES string of the molecule is NCc1cc(Cc2ccccc2F)[nH]n1. The van der Waals surface area contributed by atoms with Crippen LogP contribution in [0.5, 0.6) is 0 Å². The average molecular weight is 205 g/mol. The molecule has 0 atom stereocenters. The third-order valence-electron chi connectivity index (χ3n) is 2.23. The lowest BCUT2D eigenvalue weighted by molar-refractivity contribution is 0.613. The van der Waals surface area contributed by atoms with Crippen molar-refractivity contribution in [2.45, 2.75) is 13.0 Å². The second-order valence-electron chi connectivity index (χ2n) is 3.36. The van der Waals surface area contributed by atoms with E-state index >= 15 is 0 Å². The fourth-order valence-corrected chi connectivity index (χ4v) is 1.45. The van der Waals surface area contributed by atoms with E-state index in [0.29, 0.717) is 18.5 Å². The number of H-pyrrole nitrogens is 1. The lowest BCUT2D eigenvalue weighted by atomic mass is 10.1. The average Bonchev–Trinajstić information content (AvgIpc) is 2.69. The minimum Gasteiger partial charge on any atom is -0.325 e. The molecule has 3 nitrogen and oxygen atoms in total. The van der Waals surface area contributed by atoms with Gasteiger partial charge in [0, 0.05) is 18.7 Å². The van der Waals surface area contributed by atoms with Crippen LogP contribution in [0.15, 0.2) is 30.3 Å². The third kappa shape index (κ3) is 2.22. The Morgan fingerprint density at radius 1 is 1.33 bits per heavy atom. The Kier molecular flexibility index (Phi) is 2.78. The van der Waals surface area contributed by atoms with Crippen molar-refractivity contribution < 1.29 is 4.39 Å². The minimum atomic E-state index is -0.193. The first-order valence-electron chi connectivity index (χ1n) is 4.76. The Morgan fingerprint density at radius 3 is 2.80 bits per heavy atom. The van der Waals surface area contributed by atoms with Crippen LogP contribution in [0.1, 0.15) is 17.0 Å². The highest BCUT2D eigenvalue weighted by Crippen LogP contribution is 2.11. The summed E-state index contributed by atoms with van der Waals surface area (Å²) < 4.78 is 13.3. The third-order valence-corrected chi connectivity index (χ3v) is 2.23. The molecule has 0 spiro atoms.